The van der Waals surface area contributed by atoms with E-state index < -0.39 is 15.7 Å². The first-order valence-electron chi connectivity index (χ1n) is 10.5. The molecule has 1 aliphatic heterocycles. The summed E-state index contributed by atoms with van der Waals surface area (Å²) in [7, 11) is -3.60. The summed E-state index contributed by atoms with van der Waals surface area (Å²) < 4.78 is 48.5. The number of ether oxygens (including phenoxy) is 1. The van der Waals surface area contributed by atoms with Crippen molar-refractivity contribution >= 4 is 47.7 Å². The summed E-state index contributed by atoms with van der Waals surface area (Å²) in [6, 6.07) is 14.6. The first-order chi connectivity index (χ1) is 15.3. The van der Waals surface area contributed by atoms with E-state index in [9.17, 15) is 8.42 Å². The zero-order valence-electron chi connectivity index (χ0n) is 17.5. The minimum absolute atomic E-state index is 0.0376. The number of pyridine rings is 1. The first kappa shape index (κ1) is 21.6. The van der Waals surface area contributed by atoms with E-state index in [-0.39, 0.29) is 16.9 Å². The Bertz CT molecular complexity index is 1410. The van der Waals surface area contributed by atoms with Gasteiger partial charge in [-0.05, 0) is 58.5 Å². The third kappa shape index (κ3) is 3.74. The lowest BCUT2D eigenvalue weighted by Crippen LogP contribution is -2.27. The number of benzene rings is 2. The first-order valence-corrected chi connectivity index (χ1v) is 13.1. The highest BCUT2D eigenvalue weighted by Gasteiger charge is 2.31. The van der Waals surface area contributed by atoms with Gasteiger partial charge in [-0.3, -0.25) is 4.98 Å². The topological polar surface area (TPSA) is 61.2 Å². The van der Waals surface area contributed by atoms with Gasteiger partial charge in [0.15, 0.2) is 9.84 Å². The molecule has 2 aromatic heterocycles. The van der Waals surface area contributed by atoms with E-state index in [1.165, 1.54) is 0 Å². The summed E-state index contributed by atoms with van der Waals surface area (Å²) in [5.74, 6) is -0.339. The molecule has 0 spiro atoms. The van der Waals surface area contributed by atoms with E-state index in [2.05, 4.69) is 37.6 Å². The summed E-state index contributed by atoms with van der Waals surface area (Å²) in [6.07, 6.45) is 4.46. The van der Waals surface area contributed by atoms with E-state index in [0.29, 0.717) is 29.6 Å². The van der Waals surface area contributed by atoms with Gasteiger partial charge in [-0.1, -0.05) is 30.3 Å². The third-order valence-electron chi connectivity index (χ3n) is 6.19. The average molecular weight is 517 g/mol. The van der Waals surface area contributed by atoms with Crippen molar-refractivity contribution in [2.45, 2.75) is 23.8 Å². The molecule has 1 unspecified atom stereocenters. The van der Waals surface area contributed by atoms with Crippen molar-refractivity contribution < 1.29 is 17.5 Å². The molecule has 1 saturated heterocycles. The van der Waals surface area contributed by atoms with Gasteiger partial charge >= 0.3 is 0 Å². The summed E-state index contributed by atoms with van der Waals surface area (Å²) in [4.78, 5) is 4.48. The quantitative estimate of drug-likeness (QED) is 0.358. The van der Waals surface area contributed by atoms with Crippen LogP contribution >= 0.6 is 15.9 Å². The van der Waals surface area contributed by atoms with Crippen LogP contribution in [0.25, 0.3) is 21.9 Å². The summed E-state index contributed by atoms with van der Waals surface area (Å²) in [5.41, 5.74) is 2.91. The largest absolute Gasteiger partial charge is 0.381 e. The van der Waals surface area contributed by atoms with Crippen LogP contribution in [0.4, 0.5) is 4.39 Å². The van der Waals surface area contributed by atoms with Crippen LogP contribution in [0, 0.1) is 11.7 Å². The van der Waals surface area contributed by atoms with Gasteiger partial charge in [0, 0.05) is 30.1 Å². The molecule has 0 radical (unpaired) electrons. The van der Waals surface area contributed by atoms with Gasteiger partial charge in [0.1, 0.15) is 5.82 Å². The van der Waals surface area contributed by atoms with Gasteiger partial charge in [0.2, 0.25) is 0 Å². The Morgan fingerprint density at radius 1 is 1.12 bits per heavy atom. The van der Waals surface area contributed by atoms with Crippen LogP contribution in [0.1, 0.15) is 24.4 Å². The lowest BCUT2D eigenvalue weighted by atomic mass is 9.86. The molecule has 1 aliphatic rings. The summed E-state index contributed by atoms with van der Waals surface area (Å²) in [5, 5.41) is 0.341. The fraction of sp³-hybridized carbons (Fsp3) is 0.292. The van der Waals surface area contributed by atoms with Crippen molar-refractivity contribution in [2.75, 3.05) is 19.5 Å². The average Bonchev–Trinajstić information content (AvgIpc) is 3.09. The number of aromatic nitrogens is 2. The second-order valence-electron chi connectivity index (χ2n) is 8.27. The molecule has 0 N–H and O–H groups in total. The second kappa shape index (κ2) is 8.24. The van der Waals surface area contributed by atoms with Crippen LogP contribution in [-0.2, 0) is 14.6 Å². The summed E-state index contributed by atoms with van der Waals surface area (Å²) in [6.45, 7) is 1.33. The maximum atomic E-state index is 15.4. The minimum Gasteiger partial charge on any atom is -0.381 e. The predicted octanol–water partition coefficient (Wildman–Crippen LogP) is 5.51. The number of halogens is 2. The lowest BCUT2D eigenvalue weighted by Gasteiger charge is -2.33. The molecule has 0 bridgehead atoms. The van der Waals surface area contributed by atoms with E-state index in [1.807, 2.05) is 24.3 Å². The molecule has 0 aliphatic carbocycles. The van der Waals surface area contributed by atoms with Crippen LogP contribution < -0.4 is 0 Å². The van der Waals surface area contributed by atoms with Crippen LogP contribution in [0.2, 0.25) is 0 Å². The molecule has 3 heterocycles. The Kier molecular flexibility index (Phi) is 5.55. The molecule has 5 nitrogen and oxygen atoms in total. The molecule has 8 heteroatoms. The van der Waals surface area contributed by atoms with Gasteiger partial charge in [0.25, 0.3) is 0 Å². The molecule has 1 atom stereocenters. The smallest absolute Gasteiger partial charge is 0.175 e. The highest BCUT2D eigenvalue weighted by molar-refractivity contribution is 9.10. The molecule has 5 rings (SSSR count). The molecule has 0 amide bonds. The second-order valence-corrected chi connectivity index (χ2v) is 11.2. The minimum atomic E-state index is -3.60. The maximum Gasteiger partial charge on any atom is 0.175 e. The third-order valence-corrected chi connectivity index (χ3v) is 7.72. The van der Waals surface area contributed by atoms with E-state index in [1.54, 1.807) is 12.3 Å². The van der Waals surface area contributed by atoms with Crippen LogP contribution in [0.5, 0.6) is 0 Å². The number of nitrogens with zero attached hydrogens (tertiary/aromatic N) is 2. The molecule has 2 aromatic carbocycles. The number of rotatable bonds is 4. The van der Waals surface area contributed by atoms with Crippen molar-refractivity contribution in [3.8, 4) is 0 Å². The van der Waals surface area contributed by atoms with Gasteiger partial charge in [-0.25, -0.2) is 12.8 Å². The Morgan fingerprint density at radius 2 is 1.84 bits per heavy atom. The maximum absolute atomic E-state index is 15.4. The number of sulfone groups is 1. The number of hydrogen-bond acceptors (Lipinski definition) is 4. The molecule has 1 fully saturated rings. The van der Waals surface area contributed by atoms with Crippen LogP contribution in [-0.4, -0.2) is 37.4 Å². The standard InChI is InChI=1S/C24H22BrFN2O3S/c1-32(29,30)18-12-19(26)22-20(13-18)28(21-11-17(25)14-27-23(21)22)24(15-5-3-2-4-6-15)16-7-9-31-10-8-16/h2-6,11-14,16,24H,7-10H2,1H3. The fourth-order valence-electron chi connectivity index (χ4n) is 4.75. The van der Waals surface area contributed by atoms with Crippen molar-refractivity contribution in [3.05, 3.63) is 70.6 Å². The zero-order valence-corrected chi connectivity index (χ0v) is 19.9. The van der Waals surface area contributed by atoms with Crippen LogP contribution in [0.3, 0.4) is 0 Å². The Hall–Kier alpha value is -2.29. The molecular formula is C24H22BrFN2O3S. The van der Waals surface area contributed by atoms with Gasteiger partial charge in [0.05, 0.1) is 32.9 Å². The molecule has 166 valence electrons. The molecule has 0 saturated carbocycles. The summed E-state index contributed by atoms with van der Waals surface area (Å²) >= 11 is 3.50. The van der Waals surface area contributed by atoms with Crippen molar-refractivity contribution in [3.63, 3.8) is 0 Å². The van der Waals surface area contributed by atoms with Gasteiger partial charge < -0.3 is 9.30 Å². The monoisotopic (exact) mass is 516 g/mol. The van der Waals surface area contributed by atoms with Crippen molar-refractivity contribution in [1.82, 2.24) is 9.55 Å². The Balaban J connectivity index is 1.91. The SMILES string of the molecule is CS(=O)(=O)c1cc(F)c2c3ncc(Br)cc3n(C(c3ccccc3)C3CCOCC3)c2c1. The molecular weight excluding hydrogens is 495 g/mol. The van der Waals surface area contributed by atoms with Crippen molar-refractivity contribution in [2.24, 2.45) is 5.92 Å². The van der Waals surface area contributed by atoms with Gasteiger partial charge in [-0.15, -0.1) is 0 Å². The Labute approximate surface area is 194 Å². The highest BCUT2D eigenvalue weighted by Crippen LogP contribution is 2.42. The highest BCUT2D eigenvalue weighted by atomic mass is 79.9. The van der Waals surface area contributed by atoms with E-state index in [4.69, 9.17) is 4.74 Å². The van der Waals surface area contributed by atoms with E-state index >= 15 is 4.39 Å². The fourth-order valence-corrected chi connectivity index (χ4v) is 5.72. The molecule has 32 heavy (non-hydrogen) atoms. The number of fused-ring (bicyclic) bond motifs is 3. The Morgan fingerprint density at radius 3 is 2.53 bits per heavy atom. The normalized spacial score (nSPS) is 16.6. The lowest BCUT2D eigenvalue weighted by molar-refractivity contribution is 0.0552. The van der Waals surface area contributed by atoms with E-state index in [0.717, 1.165) is 40.7 Å². The van der Waals surface area contributed by atoms with Crippen molar-refractivity contribution in [1.29, 1.82) is 0 Å². The number of hydrogen-bond donors (Lipinski definition) is 0. The van der Waals surface area contributed by atoms with Crippen LogP contribution in [0.15, 0.2) is 64.1 Å². The molecule has 4 aromatic rings. The van der Waals surface area contributed by atoms with Gasteiger partial charge in [-0.2, -0.15) is 0 Å². The zero-order chi connectivity index (χ0) is 22.5. The predicted molar refractivity (Wildman–Crippen MR) is 126 cm³/mol.